The van der Waals surface area contributed by atoms with E-state index in [9.17, 15) is 13.6 Å². The van der Waals surface area contributed by atoms with Gasteiger partial charge in [0.25, 0.3) is 5.91 Å². The highest BCUT2D eigenvalue weighted by atomic mass is 19.1. The topological polar surface area (TPSA) is 85.0 Å². The summed E-state index contributed by atoms with van der Waals surface area (Å²) in [7, 11) is 1.79. The van der Waals surface area contributed by atoms with Crippen LogP contribution in [0.2, 0.25) is 0 Å². The largest absolute Gasteiger partial charge is 0.352 e. The van der Waals surface area contributed by atoms with Crippen molar-refractivity contribution in [1.82, 2.24) is 15.1 Å². The molecular weight excluding hydrogens is 280 g/mol. The van der Waals surface area contributed by atoms with E-state index in [0.29, 0.717) is 13.0 Å². The summed E-state index contributed by atoms with van der Waals surface area (Å²) in [5.74, 6) is 2.59. The lowest BCUT2D eigenvalue weighted by atomic mass is 10.1. The number of carbonyl (C=O) groups excluding carboxylic acids is 1. The molecule has 4 N–H and O–H groups in total. The Morgan fingerprint density at radius 3 is 2.57 bits per heavy atom. The van der Waals surface area contributed by atoms with Gasteiger partial charge in [0.15, 0.2) is 11.6 Å². The summed E-state index contributed by atoms with van der Waals surface area (Å²) in [5.41, 5.74) is 2.29. The molecule has 0 aliphatic rings. The average molecular weight is 295 g/mol. The fourth-order valence-electron chi connectivity index (χ4n) is 1.87. The lowest BCUT2D eigenvalue weighted by Gasteiger charge is -2.08. The third-order valence-corrected chi connectivity index (χ3v) is 2.91. The van der Waals surface area contributed by atoms with Crippen molar-refractivity contribution in [2.45, 2.75) is 6.42 Å². The van der Waals surface area contributed by atoms with Crippen LogP contribution in [0.3, 0.4) is 0 Å². The molecule has 1 amide bonds. The SMILES string of the molecule is Cn1cc(CCNC(=O)c2cc(F)c(NN)c(F)c2)cn1. The molecule has 1 aromatic carbocycles. The first-order chi connectivity index (χ1) is 10.0. The lowest BCUT2D eigenvalue weighted by Crippen LogP contribution is -2.26. The molecule has 2 rings (SSSR count). The molecule has 6 nitrogen and oxygen atoms in total. The average Bonchev–Trinajstić information content (AvgIpc) is 2.84. The zero-order valence-electron chi connectivity index (χ0n) is 11.4. The van der Waals surface area contributed by atoms with Gasteiger partial charge in [-0.3, -0.25) is 15.3 Å². The second kappa shape index (κ2) is 6.31. The van der Waals surface area contributed by atoms with Crippen LogP contribution < -0.4 is 16.6 Å². The number of aryl methyl sites for hydroxylation is 1. The number of aromatic nitrogens is 2. The van der Waals surface area contributed by atoms with Crippen molar-refractivity contribution >= 4 is 11.6 Å². The summed E-state index contributed by atoms with van der Waals surface area (Å²) in [5, 5.41) is 6.59. The minimum absolute atomic E-state index is 0.102. The Labute approximate surface area is 119 Å². The number of carbonyl (C=O) groups is 1. The van der Waals surface area contributed by atoms with Crippen molar-refractivity contribution in [3.05, 3.63) is 47.3 Å². The molecule has 0 saturated carbocycles. The molecule has 0 unspecified atom stereocenters. The number of nitrogens with one attached hydrogen (secondary N) is 2. The minimum Gasteiger partial charge on any atom is -0.352 e. The molecule has 0 aliphatic carbocycles. The van der Waals surface area contributed by atoms with Crippen molar-refractivity contribution in [2.24, 2.45) is 12.9 Å². The Hall–Kier alpha value is -2.48. The maximum atomic E-state index is 13.5. The van der Waals surface area contributed by atoms with Crippen LogP contribution in [0.4, 0.5) is 14.5 Å². The van der Waals surface area contributed by atoms with Crippen LogP contribution in [-0.2, 0) is 13.5 Å². The number of halogens is 2. The van der Waals surface area contributed by atoms with Gasteiger partial charge < -0.3 is 10.7 Å². The van der Waals surface area contributed by atoms with E-state index in [1.807, 2.05) is 11.6 Å². The van der Waals surface area contributed by atoms with Crippen molar-refractivity contribution in [3.8, 4) is 0 Å². The van der Waals surface area contributed by atoms with Crippen molar-refractivity contribution < 1.29 is 13.6 Å². The number of amides is 1. The molecule has 2 aromatic rings. The quantitative estimate of drug-likeness (QED) is 0.566. The maximum absolute atomic E-state index is 13.5. The Morgan fingerprint density at radius 2 is 2.05 bits per heavy atom. The molecule has 0 aliphatic heterocycles. The Balaban J connectivity index is 1.97. The third-order valence-electron chi connectivity index (χ3n) is 2.91. The smallest absolute Gasteiger partial charge is 0.251 e. The second-order valence-corrected chi connectivity index (χ2v) is 4.49. The van der Waals surface area contributed by atoms with E-state index in [1.165, 1.54) is 0 Å². The van der Waals surface area contributed by atoms with E-state index in [4.69, 9.17) is 5.84 Å². The number of nitrogen functional groups attached to an aromatic ring is 1. The van der Waals surface area contributed by atoms with E-state index in [2.05, 4.69) is 10.4 Å². The van der Waals surface area contributed by atoms with E-state index in [1.54, 1.807) is 17.9 Å². The highest BCUT2D eigenvalue weighted by Crippen LogP contribution is 2.19. The van der Waals surface area contributed by atoms with E-state index in [0.717, 1.165) is 17.7 Å². The summed E-state index contributed by atoms with van der Waals surface area (Å²) >= 11 is 0. The fourth-order valence-corrected chi connectivity index (χ4v) is 1.87. The lowest BCUT2D eigenvalue weighted by molar-refractivity contribution is 0.0953. The van der Waals surface area contributed by atoms with Gasteiger partial charge in [-0.2, -0.15) is 5.10 Å². The number of rotatable bonds is 5. The summed E-state index contributed by atoms with van der Waals surface area (Å²) in [6, 6.07) is 1.86. The van der Waals surface area contributed by atoms with E-state index >= 15 is 0 Å². The number of anilines is 1. The van der Waals surface area contributed by atoms with E-state index < -0.39 is 23.2 Å². The first-order valence-electron chi connectivity index (χ1n) is 6.22. The van der Waals surface area contributed by atoms with Crippen LogP contribution in [-0.4, -0.2) is 22.2 Å². The monoisotopic (exact) mass is 295 g/mol. The molecule has 8 heteroatoms. The first-order valence-corrected chi connectivity index (χ1v) is 6.22. The highest BCUT2D eigenvalue weighted by molar-refractivity contribution is 5.94. The molecule has 0 radical (unpaired) electrons. The molecule has 0 spiro atoms. The number of hydrogen-bond acceptors (Lipinski definition) is 4. The predicted molar refractivity (Wildman–Crippen MR) is 73.4 cm³/mol. The van der Waals surface area contributed by atoms with Crippen LogP contribution in [0, 0.1) is 11.6 Å². The summed E-state index contributed by atoms with van der Waals surface area (Å²) in [6.07, 6.45) is 4.09. The van der Waals surface area contributed by atoms with Gasteiger partial charge in [0, 0.05) is 25.4 Å². The number of nitrogens with zero attached hydrogens (tertiary/aromatic N) is 2. The van der Waals surface area contributed by atoms with Gasteiger partial charge >= 0.3 is 0 Å². The van der Waals surface area contributed by atoms with Gasteiger partial charge in [0.05, 0.1) is 6.20 Å². The Bertz CT molecular complexity index is 633. The van der Waals surface area contributed by atoms with Crippen molar-refractivity contribution in [1.29, 1.82) is 0 Å². The summed E-state index contributed by atoms with van der Waals surface area (Å²) < 4.78 is 28.6. The number of hydrazine groups is 1. The van der Waals surface area contributed by atoms with Crippen LogP contribution in [0.25, 0.3) is 0 Å². The molecule has 1 heterocycles. The number of nitrogens with two attached hydrogens (primary N) is 1. The highest BCUT2D eigenvalue weighted by Gasteiger charge is 2.14. The Kier molecular flexibility index (Phi) is 4.49. The number of hydrogen-bond donors (Lipinski definition) is 3. The maximum Gasteiger partial charge on any atom is 0.251 e. The molecular formula is C13H15F2N5O. The molecule has 0 saturated heterocycles. The van der Waals surface area contributed by atoms with Crippen molar-refractivity contribution in [2.75, 3.05) is 12.0 Å². The molecule has 21 heavy (non-hydrogen) atoms. The molecule has 0 atom stereocenters. The molecule has 112 valence electrons. The van der Waals surface area contributed by atoms with Crippen LogP contribution in [0.1, 0.15) is 15.9 Å². The van der Waals surface area contributed by atoms with Crippen LogP contribution >= 0.6 is 0 Å². The van der Waals surface area contributed by atoms with Gasteiger partial charge in [-0.05, 0) is 24.1 Å². The summed E-state index contributed by atoms with van der Waals surface area (Å²) in [4.78, 5) is 11.8. The zero-order valence-corrected chi connectivity index (χ0v) is 11.4. The van der Waals surface area contributed by atoms with Gasteiger partial charge in [0.2, 0.25) is 0 Å². The summed E-state index contributed by atoms with van der Waals surface area (Å²) in [6.45, 7) is 0.338. The van der Waals surface area contributed by atoms with E-state index in [-0.39, 0.29) is 5.56 Å². The van der Waals surface area contributed by atoms with Crippen LogP contribution in [0.5, 0.6) is 0 Å². The van der Waals surface area contributed by atoms with Crippen LogP contribution in [0.15, 0.2) is 24.5 Å². The van der Waals surface area contributed by atoms with Gasteiger partial charge in [0.1, 0.15) is 5.69 Å². The second-order valence-electron chi connectivity index (χ2n) is 4.49. The van der Waals surface area contributed by atoms with Gasteiger partial charge in [-0.25, -0.2) is 8.78 Å². The van der Waals surface area contributed by atoms with Gasteiger partial charge in [-0.1, -0.05) is 0 Å². The Morgan fingerprint density at radius 1 is 1.38 bits per heavy atom. The molecule has 0 fully saturated rings. The molecule has 0 bridgehead atoms. The minimum atomic E-state index is -0.921. The molecule has 1 aromatic heterocycles. The zero-order chi connectivity index (χ0) is 15.4. The standard InChI is InChI=1S/C13H15F2N5O/c1-20-7-8(6-18-20)2-3-17-13(21)9-4-10(14)12(19-16)11(15)5-9/h4-7,19H,2-3,16H2,1H3,(H,17,21). The number of benzene rings is 1. The van der Waals surface area contributed by atoms with Crippen molar-refractivity contribution in [3.63, 3.8) is 0 Å². The fraction of sp³-hybridized carbons (Fsp3) is 0.231. The normalized spacial score (nSPS) is 10.5. The predicted octanol–water partition coefficient (Wildman–Crippen LogP) is 0.956. The third kappa shape index (κ3) is 3.54. The first kappa shape index (κ1) is 14.9. The van der Waals surface area contributed by atoms with Gasteiger partial charge in [-0.15, -0.1) is 0 Å².